The first kappa shape index (κ1) is 12.5. The van der Waals surface area contributed by atoms with Gasteiger partial charge in [-0.3, -0.25) is 10.6 Å². The quantitative estimate of drug-likeness (QED) is 0.553. The molecule has 1 aliphatic heterocycles. The standard InChI is InChI=1S/C11H22N2O2/c1-5-8-6-13(12)7-9(8)10(14)15-11(2,3)4/h8-9H,5-7,12H2,1-4H3/t8-,9-/m1/s1. The van der Waals surface area contributed by atoms with Gasteiger partial charge in [-0.2, -0.15) is 0 Å². The molecule has 1 rings (SSSR count). The van der Waals surface area contributed by atoms with E-state index >= 15 is 0 Å². The number of ether oxygens (including phenoxy) is 1. The molecule has 4 nitrogen and oxygen atoms in total. The van der Waals surface area contributed by atoms with Gasteiger partial charge in [-0.25, -0.2) is 5.01 Å². The second-order valence-electron chi connectivity index (χ2n) is 5.26. The molecule has 1 saturated heterocycles. The lowest BCUT2D eigenvalue weighted by Gasteiger charge is -2.23. The lowest BCUT2D eigenvalue weighted by Crippen LogP contribution is -2.33. The van der Waals surface area contributed by atoms with E-state index in [4.69, 9.17) is 10.6 Å². The largest absolute Gasteiger partial charge is 0.460 e. The van der Waals surface area contributed by atoms with Crippen molar-refractivity contribution >= 4 is 5.97 Å². The molecule has 88 valence electrons. The Morgan fingerprint density at radius 3 is 2.53 bits per heavy atom. The van der Waals surface area contributed by atoms with E-state index in [1.165, 1.54) is 0 Å². The molecule has 0 unspecified atom stereocenters. The minimum atomic E-state index is -0.405. The first-order valence-corrected chi connectivity index (χ1v) is 5.56. The molecule has 2 N–H and O–H groups in total. The Kier molecular flexibility index (Phi) is 3.73. The van der Waals surface area contributed by atoms with Crippen LogP contribution in [0.3, 0.4) is 0 Å². The van der Waals surface area contributed by atoms with E-state index in [9.17, 15) is 4.79 Å². The molecule has 15 heavy (non-hydrogen) atoms. The predicted molar refractivity (Wildman–Crippen MR) is 58.9 cm³/mol. The fourth-order valence-corrected chi connectivity index (χ4v) is 1.96. The van der Waals surface area contributed by atoms with E-state index in [1.54, 1.807) is 5.01 Å². The van der Waals surface area contributed by atoms with Gasteiger partial charge in [0.15, 0.2) is 0 Å². The zero-order valence-electron chi connectivity index (χ0n) is 10.1. The summed E-state index contributed by atoms with van der Waals surface area (Å²) >= 11 is 0. The average Bonchev–Trinajstić information content (AvgIpc) is 2.43. The van der Waals surface area contributed by atoms with Crippen LogP contribution in [0.1, 0.15) is 34.1 Å². The maximum atomic E-state index is 11.9. The van der Waals surface area contributed by atoms with Crippen LogP contribution in [0.25, 0.3) is 0 Å². The number of hydrazine groups is 1. The molecule has 0 radical (unpaired) electrons. The topological polar surface area (TPSA) is 55.6 Å². The molecule has 0 aromatic carbocycles. The number of hydrogen-bond acceptors (Lipinski definition) is 4. The minimum absolute atomic E-state index is 0.0563. The highest BCUT2D eigenvalue weighted by molar-refractivity contribution is 5.74. The molecule has 0 aromatic heterocycles. The van der Waals surface area contributed by atoms with Crippen LogP contribution in [0.5, 0.6) is 0 Å². The van der Waals surface area contributed by atoms with Crippen LogP contribution >= 0.6 is 0 Å². The third kappa shape index (κ3) is 3.47. The van der Waals surface area contributed by atoms with Crippen LogP contribution in [0, 0.1) is 11.8 Å². The highest BCUT2D eigenvalue weighted by Gasteiger charge is 2.37. The van der Waals surface area contributed by atoms with Gasteiger partial charge >= 0.3 is 5.97 Å². The van der Waals surface area contributed by atoms with Gasteiger partial charge in [-0.15, -0.1) is 0 Å². The number of nitrogens with zero attached hydrogens (tertiary/aromatic N) is 1. The van der Waals surface area contributed by atoms with Crippen molar-refractivity contribution in [3.05, 3.63) is 0 Å². The van der Waals surface area contributed by atoms with Gasteiger partial charge in [0, 0.05) is 13.1 Å². The molecule has 4 heteroatoms. The smallest absolute Gasteiger partial charge is 0.311 e. The molecule has 1 aliphatic rings. The molecule has 0 amide bonds. The second-order valence-corrected chi connectivity index (χ2v) is 5.26. The van der Waals surface area contributed by atoms with Crippen molar-refractivity contribution < 1.29 is 9.53 Å². The number of hydrogen-bond donors (Lipinski definition) is 1. The number of carbonyl (C=O) groups excluding carboxylic acids is 1. The predicted octanol–water partition coefficient (Wildman–Crippen LogP) is 1.16. The Hall–Kier alpha value is -0.610. The summed E-state index contributed by atoms with van der Waals surface area (Å²) in [7, 11) is 0. The van der Waals surface area contributed by atoms with Crippen molar-refractivity contribution in [1.29, 1.82) is 0 Å². The lowest BCUT2D eigenvalue weighted by atomic mass is 9.93. The minimum Gasteiger partial charge on any atom is -0.460 e. The van der Waals surface area contributed by atoms with Gasteiger partial charge in [0.05, 0.1) is 5.92 Å². The first-order valence-electron chi connectivity index (χ1n) is 5.56. The van der Waals surface area contributed by atoms with Crippen LogP contribution in [-0.2, 0) is 9.53 Å². The van der Waals surface area contributed by atoms with Crippen molar-refractivity contribution in [2.75, 3.05) is 13.1 Å². The summed E-state index contributed by atoms with van der Waals surface area (Å²) in [5, 5.41) is 1.71. The van der Waals surface area contributed by atoms with E-state index < -0.39 is 5.60 Å². The van der Waals surface area contributed by atoms with E-state index in [2.05, 4.69) is 6.92 Å². The fraction of sp³-hybridized carbons (Fsp3) is 0.909. The van der Waals surface area contributed by atoms with Crippen molar-refractivity contribution in [2.45, 2.75) is 39.7 Å². The van der Waals surface area contributed by atoms with Gasteiger partial charge in [0.1, 0.15) is 5.60 Å². The van der Waals surface area contributed by atoms with Crippen molar-refractivity contribution in [1.82, 2.24) is 5.01 Å². The van der Waals surface area contributed by atoms with Crippen LogP contribution in [-0.4, -0.2) is 29.7 Å². The van der Waals surface area contributed by atoms with Gasteiger partial charge in [0.2, 0.25) is 0 Å². The van der Waals surface area contributed by atoms with Crippen molar-refractivity contribution in [2.24, 2.45) is 17.7 Å². The third-order valence-corrected chi connectivity index (χ3v) is 2.70. The summed E-state index contributed by atoms with van der Waals surface area (Å²) in [6.07, 6.45) is 0.970. The maximum Gasteiger partial charge on any atom is 0.311 e. The van der Waals surface area contributed by atoms with Gasteiger partial charge in [0.25, 0.3) is 0 Å². The molecule has 0 aromatic rings. The summed E-state index contributed by atoms with van der Waals surface area (Å²) in [6.45, 7) is 9.16. The molecule has 2 atom stereocenters. The van der Waals surface area contributed by atoms with Crippen LogP contribution in [0.15, 0.2) is 0 Å². The van der Waals surface area contributed by atoms with Crippen LogP contribution < -0.4 is 5.84 Å². The molecule has 0 bridgehead atoms. The SMILES string of the molecule is CC[C@@H]1CN(N)C[C@H]1C(=O)OC(C)(C)C. The van der Waals surface area contributed by atoms with E-state index in [0.29, 0.717) is 12.5 Å². The fourth-order valence-electron chi connectivity index (χ4n) is 1.96. The van der Waals surface area contributed by atoms with Gasteiger partial charge in [-0.05, 0) is 26.7 Å². The highest BCUT2D eigenvalue weighted by Crippen LogP contribution is 2.26. The molecular formula is C11H22N2O2. The first-order chi connectivity index (χ1) is 6.83. The molecule has 1 fully saturated rings. The second kappa shape index (κ2) is 4.49. The van der Waals surface area contributed by atoms with Gasteiger partial charge < -0.3 is 4.74 Å². The number of rotatable bonds is 2. The third-order valence-electron chi connectivity index (χ3n) is 2.70. The summed E-state index contributed by atoms with van der Waals surface area (Å²) in [5.41, 5.74) is -0.405. The number of esters is 1. The Bertz CT molecular complexity index is 235. The monoisotopic (exact) mass is 214 g/mol. The number of carbonyl (C=O) groups is 1. The molecule has 0 spiro atoms. The van der Waals surface area contributed by atoms with Crippen molar-refractivity contribution in [3.8, 4) is 0 Å². The maximum absolute atomic E-state index is 11.9. The normalized spacial score (nSPS) is 28.1. The molecule has 0 saturated carbocycles. The Morgan fingerprint density at radius 1 is 1.47 bits per heavy atom. The van der Waals surface area contributed by atoms with Crippen LogP contribution in [0.2, 0.25) is 0 Å². The van der Waals surface area contributed by atoms with Gasteiger partial charge in [-0.1, -0.05) is 13.3 Å². The Labute approximate surface area is 91.7 Å². The van der Waals surface area contributed by atoms with Crippen LogP contribution in [0.4, 0.5) is 0 Å². The van der Waals surface area contributed by atoms with E-state index in [0.717, 1.165) is 13.0 Å². The molecule has 0 aliphatic carbocycles. The Balaban J connectivity index is 2.59. The summed E-state index contributed by atoms with van der Waals surface area (Å²) in [4.78, 5) is 11.9. The summed E-state index contributed by atoms with van der Waals surface area (Å²) < 4.78 is 5.38. The zero-order chi connectivity index (χ0) is 11.6. The summed E-state index contributed by atoms with van der Waals surface area (Å²) in [5.74, 6) is 5.89. The molecule has 1 heterocycles. The Morgan fingerprint density at radius 2 is 2.07 bits per heavy atom. The van der Waals surface area contributed by atoms with E-state index in [-0.39, 0.29) is 11.9 Å². The highest BCUT2D eigenvalue weighted by atomic mass is 16.6. The summed E-state index contributed by atoms with van der Waals surface area (Å²) in [6, 6.07) is 0. The average molecular weight is 214 g/mol. The van der Waals surface area contributed by atoms with E-state index in [1.807, 2.05) is 20.8 Å². The lowest BCUT2D eigenvalue weighted by molar-refractivity contribution is -0.160. The van der Waals surface area contributed by atoms with Crippen molar-refractivity contribution in [3.63, 3.8) is 0 Å². The number of nitrogens with two attached hydrogens (primary N) is 1. The molecular weight excluding hydrogens is 192 g/mol. The zero-order valence-corrected chi connectivity index (χ0v) is 10.1.